The van der Waals surface area contributed by atoms with Gasteiger partial charge >= 0.3 is 0 Å². The van der Waals surface area contributed by atoms with Gasteiger partial charge in [0.05, 0.1) is 5.39 Å². The number of benzene rings is 1. The summed E-state index contributed by atoms with van der Waals surface area (Å²) in [5, 5.41) is 13.4. The van der Waals surface area contributed by atoms with E-state index in [1.54, 1.807) is 17.7 Å². The normalized spacial score (nSPS) is 11.1. The van der Waals surface area contributed by atoms with Crippen LogP contribution in [0.5, 0.6) is 0 Å². The molecule has 3 rings (SSSR count). The number of nitrogens with zero attached hydrogens (tertiary/aromatic N) is 2. The van der Waals surface area contributed by atoms with Gasteiger partial charge in [0.25, 0.3) is 0 Å². The van der Waals surface area contributed by atoms with Crippen molar-refractivity contribution in [1.82, 2.24) is 9.97 Å². The summed E-state index contributed by atoms with van der Waals surface area (Å²) in [6.45, 7) is 7.27. The Morgan fingerprint density at radius 3 is 2.70 bits per heavy atom. The van der Waals surface area contributed by atoms with Crippen LogP contribution in [0.25, 0.3) is 21.3 Å². The summed E-state index contributed by atoms with van der Waals surface area (Å²) in [5.74, 6) is 0.848. The van der Waals surface area contributed by atoms with E-state index in [0.717, 1.165) is 16.0 Å². The first-order valence-electron chi connectivity index (χ1n) is 7.78. The van der Waals surface area contributed by atoms with Crippen LogP contribution in [0.2, 0.25) is 0 Å². The van der Waals surface area contributed by atoms with Gasteiger partial charge in [0.1, 0.15) is 17.0 Å². The molecule has 0 radical (unpaired) electrons. The van der Waals surface area contributed by atoms with E-state index in [0.29, 0.717) is 13.0 Å². The van der Waals surface area contributed by atoms with Gasteiger partial charge in [0.2, 0.25) is 0 Å². The molecule has 0 aliphatic rings. The fourth-order valence-electron chi connectivity index (χ4n) is 2.71. The van der Waals surface area contributed by atoms with Gasteiger partial charge in [0.15, 0.2) is 0 Å². The van der Waals surface area contributed by atoms with E-state index in [1.165, 1.54) is 27.1 Å². The zero-order valence-electron chi connectivity index (χ0n) is 13.7. The molecule has 0 atom stereocenters. The van der Waals surface area contributed by atoms with Gasteiger partial charge < -0.3 is 10.4 Å². The fraction of sp³-hybridized carbons (Fsp3) is 0.333. The van der Waals surface area contributed by atoms with Crippen molar-refractivity contribution in [2.75, 3.05) is 18.5 Å². The molecule has 0 amide bonds. The Morgan fingerprint density at radius 2 is 1.96 bits per heavy atom. The van der Waals surface area contributed by atoms with E-state index >= 15 is 0 Å². The number of rotatable bonds is 5. The van der Waals surface area contributed by atoms with Gasteiger partial charge in [-0.25, -0.2) is 9.97 Å². The van der Waals surface area contributed by atoms with Crippen LogP contribution in [0.1, 0.15) is 22.4 Å². The largest absolute Gasteiger partial charge is 0.396 e. The van der Waals surface area contributed by atoms with Crippen molar-refractivity contribution in [1.29, 1.82) is 0 Å². The summed E-state index contributed by atoms with van der Waals surface area (Å²) in [6, 6.07) is 6.56. The van der Waals surface area contributed by atoms with Crippen LogP contribution in [-0.2, 0) is 0 Å². The Balaban J connectivity index is 2.15. The third-order valence-corrected chi connectivity index (χ3v) is 5.10. The molecular weight excluding hydrogens is 306 g/mol. The van der Waals surface area contributed by atoms with E-state index in [2.05, 4.69) is 54.3 Å². The number of hydrogen-bond donors (Lipinski definition) is 2. The molecule has 23 heavy (non-hydrogen) atoms. The lowest BCUT2D eigenvalue weighted by atomic mass is 9.99. The Hall–Kier alpha value is -1.98. The van der Waals surface area contributed by atoms with Crippen molar-refractivity contribution in [2.24, 2.45) is 0 Å². The van der Waals surface area contributed by atoms with Gasteiger partial charge in [-0.1, -0.05) is 18.2 Å². The lowest BCUT2D eigenvalue weighted by molar-refractivity contribution is 0.292. The highest BCUT2D eigenvalue weighted by atomic mass is 32.1. The maximum atomic E-state index is 8.98. The van der Waals surface area contributed by atoms with Crippen LogP contribution in [0.4, 0.5) is 5.82 Å². The molecule has 3 aromatic rings. The monoisotopic (exact) mass is 327 g/mol. The summed E-state index contributed by atoms with van der Waals surface area (Å²) in [5.41, 5.74) is 4.99. The standard InChI is InChI=1S/C18H21N3OS/c1-11-5-6-14(9-12(11)2)15-13(3)23-18-16(15)17(20-10-21-18)19-7-4-8-22/h5-6,9-10,22H,4,7-8H2,1-3H3,(H,19,20,21). The minimum atomic E-state index is 0.175. The van der Waals surface area contributed by atoms with Crippen molar-refractivity contribution < 1.29 is 5.11 Å². The molecule has 4 nitrogen and oxygen atoms in total. The van der Waals surface area contributed by atoms with Gasteiger partial charge in [-0.05, 0) is 43.9 Å². The van der Waals surface area contributed by atoms with Crippen molar-refractivity contribution in [3.05, 3.63) is 40.5 Å². The molecule has 0 fully saturated rings. The molecule has 1 aromatic carbocycles. The Bertz CT molecular complexity index is 842. The molecule has 0 aliphatic heterocycles. The number of aliphatic hydroxyl groups is 1. The highest BCUT2D eigenvalue weighted by Gasteiger charge is 2.16. The summed E-state index contributed by atoms with van der Waals surface area (Å²) >= 11 is 1.70. The van der Waals surface area contributed by atoms with Crippen molar-refractivity contribution >= 4 is 27.4 Å². The first-order chi connectivity index (χ1) is 11.1. The fourth-order valence-corrected chi connectivity index (χ4v) is 3.72. The van der Waals surface area contributed by atoms with Crippen LogP contribution >= 0.6 is 11.3 Å². The number of aromatic nitrogens is 2. The molecule has 2 N–H and O–H groups in total. The molecule has 0 bridgehead atoms. The van der Waals surface area contributed by atoms with E-state index in [-0.39, 0.29) is 6.61 Å². The predicted octanol–water partition coefficient (Wildman–Crippen LogP) is 4.08. The summed E-state index contributed by atoms with van der Waals surface area (Å²) in [4.78, 5) is 11.1. The van der Waals surface area contributed by atoms with Gasteiger partial charge in [-0.3, -0.25) is 0 Å². The van der Waals surface area contributed by atoms with Crippen LogP contribution in [-0.4, -0.2) is 28.2 Å². The topological polar surface area (TPSA) is 58.0 Å². The second-order valence-electron chi connectivity index (χ2n) is 5.74. The van der Waals surface area contributed by atoms with Crippen molar-refractivity contribution in [2.45, 2.75) is 27.2 Å². The second kappa shape index (κ2) is 6.64. The van der Waals surface area contributed by atoms with E-state index in [9.17, 15) is 0 Å². The number of aryl methyl sites for hydroxylation is 3. The smallest absolute Gasteiger partial charge is 0.138 e. The zero-order valence-corrected chi connectivity index (χ0v) is 14.5. The molecular formula is C18H21N3OS. The summed E-state index contributed by atoms with van der Waals surface area (Å²) < 4.78 is 0. The maximum Gasteiger partial charge on any atom is 0.138 e. The molecule has 0 saturated carbocycles. The first kappa shape index (κ1) is 15.9. The number of thiophene rings is 1. The Kier molecular flexibility index (Phi) is 4.59. The number of fused-ring (bicyclic) bond motifs is 1. The first-order valence-corrected chi connectivity index (χ1v) is 8.60. The Labute approximate surface area is 140 Å². The molecule has 5 heteroatoms. The molecule has 120 valence electrons. The minimum Gasteiger partial charge on any atom is -0.396 e. The van der Waals surface area contributed by atoms with E-state index in [4.69, 9.17) is 5.11 Å². The van der Waals surface area contributed by atoms with Crippen molar-refractivity contribution in [3.63, 3.8) is 0 Å². The van der Waals surface area contributed by atoms with Crippen molar-refractivity contribution in [3.8, 4) is 11.1 Å². The SMILES string of the molecule is Cc1ccc(-c2c(C)sc3ncnc(NCCCO)c23)cc1C. The maximum absolute atomic E-state index is 8.98. The third-order valence-electron chi connectivity index (χ3n) is 4.09. The van der Waals surface area contributed by atoms with Gasteiger partial charge in [-0.15, -0.1) is 11.3 Å². The molecule has 2 heterocycles. The molecule has 0 aliphatic carbocycles. The zero-order chi connectivity index (χ0) is 16.4. The van der Waals surface area contributed by atoms with Gasteiger partial charge in [-0.2, -0.15) is 0 Å². The van der Waals surface area contributed by atoms with Crippen LogP contribution in [0.3, 0.4) is 0 Å². The van der Waals surface area contributed by atoms with Gasteiger partial charge in [0, 0.05) is 23.6 Å². The molecule has 0 unspecified atom stereocenters. The molecule has 2 aromatic heterocycles. The second-order valence-corrected chi connectivity index (χ2v) is 6.94. The highest BCUT2D eigenvalue weighted by molar-refractivity contribution is 7.19. The minimum absolute atomic E-state index is 0.175. The number of anilines is 1. The average Bonchev–Trinajstić information content (AvgIpc) is 2.87. The van der Waals surface area contributed by atoms with Crippen LogP contribution in [0.15, 0.2) is 24.5 Å². The van der Waals surface area contributed by atoms with Crippen LogP contribution in [0, 0.1) is 20.8 Å². The number of nitrogens with one attached hydrogen (secondary N) is 1. The predicted molar refractivity (Wildman–Crippen MR) is 97.3 cm³/mol. The van der Waals surface area contributed by atoms with Crippen LogP contribution < -0.4 is 5.32 Å². The van der Waals surface area contributed by atoms with E-state index in [1.807, 2.05) is 0 Å². The number of hydrogen-bond acceptors (Lipinski definition) is 5. The lowest BCUT2D eigenvalue weighted by Gasteiger charge is -2.09. The quantitative estimate of drug-likeness (QED) is 0.693. The van der Waals surface area contributed by atoms with E-state index < -0.39 is 0 Å². The molecule has 0 saturated heterocycles. The molecule has 0 spiro atoms. The Morgan fingerprint density at radius 1 is 1.13 bits per heavy atom. The average molecular weight is 327 g/mol. The number of aliphatic hydroxyl groups excluding tert-OH is 1. The summed E-state index contributed by atoms with van der Waals surface area (Å²) in [6.07, 6.45) is 2.30. The third kappa shape index (κ3) is 3.07. The highest BCUT2D eigenvalue weighted by Crippen LogP contribution is 2.40. The summed E-state index contributed by atoms with van der Waals surface area (Å²) in [7, 11) is 0. The lowest BCUT2D eigenvalue weighted by Crippen LogP contribution is -2.05.